The first-order valence-corrected chi connectivity index (χ1v) is 12.2. The summed E-state index contributed by atoms with van der Waals surface area (Å²) in [6, 6.07) is 47.2. The smallest absolute Gasteiger partial charge is 0.119 e. The molecule has 0 aliphatic heterocycles. The van der Waals surface area contributed by atoms with Crippen LogP contribution in [0.1, 0.15) is 22.7 Å². The van der Waals surface area contributed by atoms with Crippen molar-refractivity contribution in [1.29, 1.82) is 0 Å². The van der Waals surface area contributed by atoms with Gasteiger partial charge in [0.25, 0.3) is 0 Å². The highest BCUT2D eigenvalue weighted by Gasteiger charge is 2.26. The molecule has 36 heavy (non-hydrogen) atoms. The van der Waals surface area contributed by atoms with Crippen LogP contribution in [-0.2, 0) is 0 Å². The number of pyridine rings is 1. The Labute approximate surface area is 211 Å². The number of aromatic hydroxyl groups is 1. The van der Waals surface area contributed by atoms with Crippen LogP contribution < -0.4 is 0 Å². The van der Waals surface area contributed by atoms with Gasteiger partial charge in [-0.25, -0.2) is 0 Å². The Bertz CT molecular complexity index is 1630. The highest BCUT2D eigenvalue weighted by molar-refractivity contribution is 6.04. The van der Waals surface area contributed by atoms with Gasteiger partial charge in [-0.1, -0.05) is 133 Å². The molecule has 1 N–H and O–H groups in total. The summed E-state index contributed by atoms with van der Waals surface area (Å²) in [5.41, 5.74) is 7.10. The molecular weight excluding hydrogens is 438 g/mol. The number of hydrogen-bond donors (Lipinski definition) is 1. The fourth-order valence-corrected chi connectivity index (χ4v) is 5.07. The molecule has 0 bridgehead atoms. The average molecular weight is 464 g/mol. The maximum absolute atomic E-state index is 11.0. The van der Waals surface area contributed by atoms with Gasteiger partial charge in [-0.05, 0) is 22.6 Å². The third-order valence-electron chi connectivity index (χ3n) is 6.71. The Kier molecular flexibility index (Phi) is 5.77. The summed E-state index contributed by atoms with van der Waals surface area (Å²) in [7, 11) is 0. The quantitative estimate of drug-likeness (QED) is 0.278. The van der Waals surface area contributed by atoms with Crippen LogP contribution >= 0.6 is 0 Å². The Balaban J connectivity index is 1.74. The molecule has 1 unspecified atom stereocenters. The SMILES string of the molecule is Oc1ccccc1C(c1ccccc1)c1nc(-c2ccccc2)c(-c2ccccc2)c2ccccc12. The lowest BCUT2D eigenvalue weighted by Crippen LogP contribution is -2.09. The van der Waals surface area contributed by atoms with Crippen molar-refractivity contribution in [3.8, 4) is 28.1 Å². The number of rotatable bonds is 5. The first-order valence-electron chi connectivity index (χ1n) is 12.2. The summed E-state index contributed by atoms with van der Waals surface area (Å²) in [5.74, 6) is 0.0372. The second-order valence-electron chi connectivity index (χ2n) is 8.90. The Morgan fingerprint density at radius 1 is 0.500 bits per heavy atom. The van der Waals surface area contributed by atoms with Gasteiger partial charge in [0.15, 0.2) is 0 Å². The summed E-state index contributed by atoms with van der Waals surface area (Å²) < 4.78 is 0. The average Bonchev–Trinajstić information content (AvgIpc) is 2.95. The Morgan fingerprint density at radius 2 is 1.03 bits per heavy atom. The van der Waals surface area contributed by atoms with Crippen LogP contribution in [0, 0.1) is 0 Å². The first kappa shape index (κ1) is 21.8. The van der Waals surface area contributed by atoms with Crippen molar-refractivity contribution in [2.75, 3.05) is 0 Å². The molecule has 0 saturated heterocycles. The number of para-hydroxylation sites is 1. The fourth-order valence-electron chi connectivity index (χ4n) is 5.07. The summed E-state index contributed by atoms with van der Waals surface area (Å²) in [4.78, 5) is 5.43. The zero-order chi connectivity index (χ0) is 24.3. The van der Waals surface area contributed by atoms with Crippen molar-refractivity contribution in [1.82, 2.24) is 4.98 Å². The molecule has 0 radical (unpaired) electrons. The largest absolute Gasteiger partial charge is 0.508 e. The third-order valence-corrected chi connectivity index (χ3v) is 6.71. The van der Waals surface area contributed by atoms with Gasteiger partial charge in [-0.15, -0.1) is 0 Å². The topological polar surface area (TPSA) is 33.1 Å². The number of phenols is 1. The highest BCUT2D eigenvalue weighted by Crippen LogP contribution is 2.44. The minimum atomic E-state index is -0.232. The van der Waals surface area contributed by atoms with Crippen LogP contribution in [0.3, 0.4) is 0 Å². The van der Waals surface area contributed by atoms with Crippen LogP contribution in [0.25, 0.3) is 33.2 Å². The van der Waals surface area contributed by atoms with Crippen molar-refractivity contribution < 1.29 is 5.11 Å². The molecule has 172 valence electrons. The van der Waals surface area contributed by atoms with Crippen molar-refractivity contribution in [2.45, 2.75) is 5.92 Å². The number of phenolic OH excluding ortho intramolecular Hbond substituents is 1. The maximum Gasteiger partial charge on any atom is 0.119 e. The summed E-state index contributed by atoms with van der Waals surface area (Å²) >= 11 is 0. The van der Waals surface area contributed by atoms with Gasteiger partial charge in [-0.3, -0.25) is 4.98 Å². The van der Waals surface area contributed by atoms with Crippen molar-refractivity contribution in [3.05, 3.63) is 156 Å². The molecule has 1 aromatic heterocycles. The number of nitrogens with zero attached hydrogens (tertiary/aromatic N) is 1. The molecular formula is C34H25NO. The number of hydrogen-bond acceptors (Lipinski definition) is 2. The minimum absolute atomic E-state index is 0.232. The second-order valence-corrected chi connectivity index (χ2v) is 8.90. The molecule has 0 saturated carbocycles. The summed E-state index contributed by atoms with van der Waals surface area (Å²) in [6.07, 6.45) is 0. The molecule has 6 rings (SSSR count). The lowest BCUT2D eigenvalue weighted by atomic mass is 9.83. The molecule has 2 nitrogen and oxygen atoms in total. The summed E-state index contributed by atoms with van der Waals surface area (Å²) in [5, 5.41) is 13.2. The van der Waals surface area contributed by atoms with Crippen molar-refractivity contribution in [3.63, 3.8) is 0 Å². The zero-order valence-electron chi connectivity index (χ0n) is 19.8. The molecule has 1 heterocycles. The number of fused-ring (bicyclic) bond motifs is 1. The molecule has 6 aromatic rings. The van der Waals surface area contributed by atoms with E-state index in [-0.39, 0.29) is 11.7 Å². The number of benzene rings is 5. The van der Waals surface area contributed by atoms with Crippen LogP contribution in [0.15, 0.2) is 140 Å². The highest BCUT2D eigenvalue weighted by atomic mass is 16.3. The van der Waals surface area contributed by atoms with Crippen LogP contribution in [0.2, 0.25) is 0 Å². The Hall–Kier alpha value is -4.69. The molecule has 0 amide bonds. The molecule has 0 aliphatic carbocycles. The van der Waals surface area contributed by atoms with Crippen molar-refractivity contribution in [2.24, 2.45) is 0 Å². The van der Waals surface area contributed by atoms with E-state index in [4.69, 9.17) is 4.98 Å². The van der Waals surface area contributed by atoms with Crippen LogP contribution in [0.5, 0.6) is 5.75 Å². The minimum Gasteiger partial charge on any atom is -0.508 e. The predicted octanol–water partition coefficient (Wildman–Crippen LogP) is 8.45. The van der Waals surface area contributed by atoms with Crippen LogP contribution in [0.4, 0.5) is 0 Å². The lowest BCUT2D eigenvalue weighted by molar-refractivity contribution is 0.467. The van der Waals surface area contributed by atoms with Gasteiger partial charge >= 0.3 is 0 Å². The van der Waals surface area contributed by atoms with E-state index in [1.165, 1.54) is 0 Å². The second kappa shape index (κ2) is 9.52. The fraction of sp³-hybridized carbons (Fsp3) is 0.0294. The molecule has 2 heteroatoms. The van der Waals surface area contributed by atoms with E-state index in [2.05, 4.69) is 84.9 Å². The third kappa shape index (κ3) is 3.93. The van der Waals surface area contributed by atoms with E-state index in [0.717, 1.165) is 50.0 Å². The van der Waals surface area contributed by atoms with E-state index in [1.54, 1.807) is 6.07 Å². The van der Waals surface area contributed by atoms with Gasteiger partial charge in [0.1, 0.15) is 5.75 Å². The van der Waals surface area contributed by atoms with Gasteiger partial charge in [-0.2, -0.15) is 0 Å². The lowest BCUT2D eigenvalue weighted by Gasteiger charge is -2.23. The molecule has 0 fully saturated rings. The number of aromatic nitrogens is 1. The van der Waals surface area contributed by atoms with E-state index >= 15 is 0 Å². The first-order chi connectivity index (χ1) is 17.8. The molecule has 5 aromatic carbocycles. The van der Waals surface area contributed by atoms with E-state index in [1.807, 2.05) is 48.5 Å². The van der Waals surface area contributed by atoms with E-state index in [0.29, 0.717) is 0 Å². The van der Waals surface area contributed by atoms with Gasteiger partial charge in [0.05, 0.1) is 17.3 Å². The standard InChI is InChI=1S/C34H25NO/c36-30-23-13-12-22-29(30)32(25-16-6-2-7-17-25)34-28-21-11-10-20-27(28)31(24-14-4-1-5-15-24)33(35-34)26-18-8-3-9-19-26/h1-23,32,36H. The van der Waals surface area contributed by atoms with Gasteiger partial charge in [0, 0.05) is 22.1 Å². The molecule has 0 aliphatic rings. The molecule has 0 spiro atoms. The van der Waals surface area contributed by atoms with E-state index < -0.39 is 0 Å². The van der Waals surface area contributed by atoms with Crippen molar-refractivity contribution >= 4 is 10.8 Å². The predicted molar refractivity (Wildman–Crippen MR) is 148 cm³/mol. The maximum atomic E-state index is 11.0. The monoisotopic (exact) mass is 463 g/mol. The normalized spacial score (nSPS) is 11.9. The summed E-state index contributed by atoms with van der Waals surface area (Å²) in [6.45, 7) is 0. The van der Waals surface area contributed by atoms with Gasteiger partial charge in [0.2, 0.25) is 0 Å². The van der Waals surface area contributed by atoms with E-state index in [9.17, 15) is 5.11 Å². The van der Waals surface area contributed by atoms with Crippen LogP contribution in [-0.4, -0.2) is 10.1 Å². The zero-order valence-corrected chi connectivity index (χ0v) is 19.8. The molecule has 1 atom stereocenters. The Morgan fingerprint density at radius 3 is 1.69 bits per heavy atom. The van der Waals surface area contributed by atoms with Gasteiger partial charge < -0.3 is 5.11 Å².